The monoisotopic (exact) mass is 344 g/mol. The van der Waals surface area contributed by atoms with Gasteiger partial charge in [-0.25, -0.2) is 14.6 Å². The quantitative estimate of drug-likeness (QED) is 0.509. The van der Waals surface area contributed by atoms with Gasteiger partial charge in [-0.15, -0.1) is 11.3 Å². The van der Waals surface area contributed by atoms with Gasteiger partial charge in [0.25, 0.3) is 5.91 Å². The third-order valence-electron chi connectivity index (χ3n) is 1.93. The molecule has 0 aliphatic heterocycles. The molecule has 0 saturated heterocycles. The number of hydrogen-bond donors (Lipinski definition) is 3. The molecule has 23 heavy (non-hydrogen) atoms. The highest BCUT2D eigenvalue weighted by Gasteiger charge is 2.19. The van der Waals surface area contributed by atoms with E-state index in [1.165, 1.54) is 5.38 Å². The Kier molecular flexibility index (Phi) is 6.02. The Balaban J connectivity index is 2.81. The number of nitrogens with two attached hydrogens (primary N) is 1. The number of carboxylic acid groups (broad SMARTS) is 1. The summed E-state index contributed by atoms with van der Waals surface area (Å²) in [4.78, 5) is 41.7. The third kappa shape index (κ3) is 6.74. The Bertz CT molecular complexity index is 634. The Labute approximate surface area is 135 Å². The maximum absolute atomic E-state index is 11.6. The van der Waals surface area contributed by atoms with Gasteiger partial charge in [-0.2, -0.15) is 0 Å². The van der Waals surface area contributed by atoms with Gasteiger partial charge >= 0.3 is 12.1 Å². The van der Waals surface area contributed by atoms with Crippen LogP contribution in [0.5, 0.6) is 0 Å². The summed E-state index contributed by atoms with van der Waals surface area (Å²) in [6.45, 7) is 4.39. The SMILES string of the molecule is CC(C)(C)OC(=O)Nc1nc(/C(=N/OCC(=O)O)C(N)=O)cs1. The molecule has 0 unspecified atom stereocenters. The summed E-state index contributed by atoms with van der Waals surface area (Å²) in [6.07, 6.45) is -0.710. The number of carbonyl (C=O) groups excluding carboxylic acids is 2. The first-order valence-electron chi connectivity index (χ1n) is 6.26. The zero-order chi connectivity index (χ0) is 17.6. The molecule has 0 bridgehead atoms. The van der Waals surface area contributed by atoms with Crippen LogP contribution in [0.3, 0.4) is 0 Å². The highest BCUT2D eigenvalue weighted by molar-refractivity contribution is 7.14. The normalized spacial score (nSPS) is 11.7. The van der Waals surface area contributed by atoms with Crippen LogP contribution in [-0.4, -0.2) is 46.0 Å². The summed E-state index contributed by atoms with van der Waals surface area (Å²) in [5, 5.41) is 15.7. The van der Waals surface area contributed by atoms with E-state index in [1.807, 2.05) is 0 Å². The first-order valence-corrected chi connectivity index (χ1v) is 7.14. The van der Waals surface area contributed by atoms with Crippen molar-refractivity contribution in [3.05, 3.63) is 11.1 Å². The lowest BCUT2D eigenvalue weighted by Crippen LogP contribution is -2.27. The molecule has 0 fully saturated rings. The maximum Gasteiger partial charge on any atom is 0.413 e. The van der Waals surface area contributed by atoms with Crippen LogP contribution < -0.4 is 11.1 Å². The fourth-order valence-electron chi connectivity index (χ4n) is 1.20. The molecular formula is C12H16N4O6S. The van der Waals surface area contributed by atoms with Crippen LogP contribution in [0.25, 0.3) is 0 Å². The van der Waals surface area contributed by atoms with Crippen molar-refractivity contribution in [3.8, 4) is 0 Å². The fraction of sp³-hybridized carbons (Fsp3) is 0.417. The van der Waals surface area contributed by atoms with Gasteiger partial charge in [0.1, 0.15) is 11.3 Å². The molecule has 126 valence electrons. The fourth-order valence-corrected chi connectivity index (χ4v) is 1.88. The molecule has 0 aliphatic rings. The van der Waals surface area contributed by atoms with E-state index in [2.05, 4.69) is 20.3 Å². The second-order valence-electron chi connectivity index (χ2n) is 5.14. The number of amides is 2. The number of nitrogens with zero attached hydrogens (tertiary/aromatic N) is 2. The number of primary amides is 1. The molecule has 1 aromatic rings. The molecule has 1 rings (SSSR count). The van der Waals surface area contributed by atoms with E-state index in [1.54, 1.807) is 20.8 Å². The molecule has 0 atom stereocenters. The van der Waals surface area contributed by atoms with Crippen LogP contribution in [-0.2, 0) is 19.2 Å². The lowest BCUT2D eigenvalue weighted by atomic mass is 10.2. The summed E-state index contributed by atoms with van der Waals surface area (Å²) in [5.41, 5.74) is 4.14. The van der Waals surface area contributed by atoms with Gasteiger partial charge < -0.3 is 20.4 Å². The summed E-state index contributed by atoms with van der Waals surface area (Å²) in [6, 6.07) is 0. The van der Waals surface area contributed by atoms with E-state index in [0.717, 1.165) is 11.3 Å². The van der Waals surface area contributed by atoms with Crippen LogP contribution in [0.2, 0.25) is 0 Å². The average molecular weight is 344 g/mol. The first-order chi connectivity index (χ1) is 10.6. The van der Waals surface area contributed by atoms with E-state index < -0.39 is 30.2 Å². The van der Waals surface area contributed by atoms with E-state index in [0.29, 0.717) is 0 Å². The molecule has 0 aromatic carbocycles. The molecule has 2 amide bonds. The van der Waals surface area contributed by atoms with Gasteiger partial charge in [0.05, 0.1) is 0 Å². The molecule has 0 aliphatic carbocycles. The number of anilines is 1. The molecule has 4 N–H and O–H groups in total. The average Bonchev–Trinajstić information content (AvgIpc) is 2.79. The Hall–Kier alpha value is -2.69. The Morgan fingerprint density at radius 3 is 2.61 bits per heavy atom. The molecule has 1 heterocycles. The topological polar surface area (TPSA) is 153 Å². The summed E-state index contributed by atoms with van der Waals surface area (Å²) < 4.78 is 5.05. The first kappa shape index (κ1) is 18.4. The van der Waals surface area contributed by atoms with Crippen molar-refractivity contribution in [1.29, 1.82) is 0 Å². The lowest BCUT2D eigenvalue weighted by molar-refractivity contribution is -0.142. The second kappa shape index (κ2) is 7.54. The number of thiazole rings is 1. The van der Waals surface area contributed by atoms with Crippen LogP contribution in [0.1, 0.15) is 26.5 Å². The van der Waals surface area contributed by atoms with Crippen LogP contribution in [0.15, 0.2) is 10.5 Å². The predicted octanol–water partition coefficient (Wildman–Crippen LogP) is 0.781. The van der Waals surface area contributed by atoms with Crippen molar-refractivity contribution in [2.24, 2.45) is 10.9 Å². The van der Waals surface area contributed by atoms with Crippen LogP contribution in [0.4, 0.5) is 9.93 Å². The second-order valence-corrected chi connectivity index (χ2v) is 5.99. The lowest BCUT2D eigenvalue weighted by Gasteiger charge is -2.18. The van der Waals surface area contributed by atoms with Crippen LogP contribution >= 0.6 is 11.3 Å². The van der Waals surface area contributed by atoms with E-state index >= 15 is 0 Å². The number of carbonyl (C=O) groups is 3. The highest BCUT2D eigenvalue weighted by Crippen LogP contribution is 2.18. The van der Waals surface area contributed by atoms with Crippen molar-refractivity contribution < 1.29 is 29.1 Å². The number of carboxylic acids is 1. The number of ether oxygens (including phenoxy) is 1. The number of rotatable bonds is 6. The molecule has 0 radical (unpaired) electrons. The van der Waals surface area contributed by atoms with Crippen molar-refractivity contribution in [3.63, 3.8) is 0 Å². The van der Waals surface area contributed by atoms with Crippen LogP contribution in [0, 0.1) is 0 Å². The minimum atomic E-state index is -1.26. The largest absolute Gasteiger partial charge is 0.479 e. The standard InChI is InChI=1S/C12H16N4O6S/c1-12(2,3)22-11(20)15-10-14-6(5-23-10)8(9(13)19)16-21-4-7(17)18/h5H,4H2,1-3H3,(H2,13,19)(H,17,18)(H,14,15,20)/b16-8-. The summed E-state index contributed by atoms with van der Waals surface area (Å²) in [7, 11) is 0. The smallest absolute Gasteiger partial charge is 0.413 e. The van der Waals surface area contributed by atoms with E-state index in [9.17, 15) is 14.4 Å². The Morgan fingerprint density at radius 2 is 2.09 bits per heavy atom. The maximum atomic E-state index is 11.6. The van der Waals surface area contributed by atoms with Crippen molar-refractivity contribution in [2.75, 3.05) is 11.9 Å². The van der Waals surface area contributed by atoms with Gasteiger partial charge in [-0.3, -0.25) is 10.1 Å². The van der Waals surface area contributed by atoms with E-state index in [4.69, 9.17) is 15.6 Å². The third-order valence-corrected chi connectivity index (χ3v) is 2.69. The summed E-state index contributed by atoms with van der Waals surface area (Å²) in [5.74, 6) is -2.22. The minimum absolute atomic E-state index is 0.0407. The predicted molar refractivity (Wildman–Crippen MR) is 81.3 cm³/mol. The molecule has 0 spiro atoms. The molecule has 0 saturated carbocycles. The molecule has 11 heteroatoms. The van der Waals surface area contributed by atoms with Gasteiger partial charge in [0.15, 0.2) is 10.8 Å². The van der Waals surface area contributed by atoms with Gasteiger partial charge in [0, 0.05) is 5.38 Å². The number of nitrogens with one attached hydrogen (secondary N) is 1. The van der Waals surface area contributed by atoms with Crippen molar-refractivity contribution in [1.82, 2.24) is 4.98 Å². The van der Waals surface area contributed by atoms with Gasteiger partial charge in [-0.1, -0.05) is 5.16 Å². The number of hydrogen-bond acceptors (Lipinski definition) is 8. The van der Waals surface area contributed by atoms with Gasteiger partial charge in [-0.05, 0) is 20.8 Å². The summed E-state index contributed by atoms with van der Waals surface area (Å²) >= 11 is 1.01. The number of aliphatic carboxylic acids is 1. The minimum Gasteiger partial charge on any atom is -0.479 e. The van der Waals surface area contributed by atoms with Crippen molar-refractivity contribution in [2.45, 2.75) is 26.4 Å². The van der Waals surface area contributed by atoms with Gasteiger partial charge in [0.2, 0.25) is 6.61 Å². The van der Waals surface area contributed by atoms with E-state index in [-0.39, 0.29) is 16.5 Å². The molecule has 1 aromatic heterocycles. The zero-order valence-electron chi connectivity index (χ0n) is 12.7. The number of oxime groups is 1. The molecular weight excluding hydrogens is 328 g/mol. The zero-order valence-corrected chi connectivity index (χ0v) is 13.5. The molecule has 10 nitrogen and oxygen atoms in total. The van der Waals surface area contributed by atoms with Crippen molar-refractivity contribution >= 4 is 40.1 Å². The number of aromatic nitrogens is 1. The Morgan fingerprint density at radius 1 is 1.43 bits per heavy atom. The highest BCUT2D eigenvalue weighted by atomic mass is 32.1.